The number of phenols is 1. The Morgan fingerprint density at radius 3 is 2.71 bits per heavy atom. The Labute approximate surface area is 109 Å². The van der Waals surface area contributed by atoms with E-state index in [1.165, 1.54) is 6.07 Å². The number of carbonyl (C=O) groups is 1. The fourth-order valence-electron chi connectivity index (χ4n) is 1.43. The van der Waals surface area contributed by atoms with E-state index in [4.69, 9.17) is 4.74 Å². The lowest BCUT2D eigenvalue weighted by atomic mass is 10.1. The zero-order valence-electron chi connectivity index (χ0n) is 10.1. The van der Waals surface area contributed by atoms with E-state index in [0.29, 0.717) is 16.6 Å². The minimum absolute atomic E-state index is 0.0437. The summed E-state index contributed by atoms with van der Waals surface area (Å²) in [4.78, 5) is 11.9. The molecule has 0 fully saturated rings. The van der Waals surface area contributed by atoms with Gasteiger partial charge in [-0.2, -0.15) is 0 Å². The third kappa shape index (κ3) is 4.02. The first-order valence-corrected chi connectivity index (χ1v) is 5.95. The SMILES string of the molecule is COCC(C)(C)NC(=O)c1ccc(Br)c(O)c1. The number of benzene rings is 1. The fourth-order valence-corrected chi connectivity index (χ4v) is 1.68. The van der Waals surface area contributed by atoms with Gasteiger partial charge < -0.3 is 15.2 Å². The third-order valence-corrected chi connectivity index (χ3v) is 2.84. The first-order valence-electron chi connectivity index (χ1n) is 5.16. The van der Waals surface area contributed by atoms with Crippen LogP contribution in [0.5, 0.6) is 5.75 Å². The summed E-state index contributed by atoms with van der Waals surface area (Å²) in [5.41, 5.74) is -0.0380. The van der Waals surface area contributed by atoms with Crippen molar-refractivity contribution >= 4 is 21.8 Å². The number of halogens is 1. The van der Waals surface area contributed by atoms with Crippen molar-refractivity contribution in [3.05, 3.63) is 28.2 Å². The number of hydrogen-bond donors (Lipinski definition) is 2. The van der Waals surface area contributed by atoms with Gasteiger partial charge in [0.2, 0.25) is 0 Å². The number of methoxy groups -OCH3 is 1. The molecule has 0 bridgehead atoms. The molecule has 1 amide bonds. The van der Waals surface area contributed by atoms with Gasteiger partial charge in [-0.25, -0.2) is 0 Å². The number of hydrogen-bond acceptors (Lipinski definition) is 3. The second-order valence-corrected chi connectivity index (χ2v) is 5.29. The van der Waals surface area contributed by atoms with E-state index in [9.17, 15) is 9.90 Å². The highest BCUT2D eigenvalue weighted by atomic mass is 79.9. The summed E-state index contributed by atoms with van der Waals surface area (Å²) in [5.74, 6) is -0.197. The molecule has 0 radical (unpaired) electrons. The molecule has 94 valence electrons. The molecule has 0 aliphatic carbocycles. The molecule has 0 atom stereocenters. The predicted octanol–water partition coefficient (Wildman–Crippen LogP) is 2.31. The van der Waals surface area contributed by atoms with Gasteiger partial charge in [-0.1, -0.05) is 0 Å². The number of ether oxygens (including phenoxy) is 1. The van der Waals surface area contributed by atoms with Gasteiger partial charge in [0.05, 0.1) is 16.6 Å². The van der Waals surface area contributed by atoms with Crippen LogP contribution in [0.4, 0.5) is 0 Å². The van der Waals surface area contributed by atoms with Crippen LogP contribution in [0.3, 0.4) is 0 Å². The van der Waals surface area contributed by atoms with Crippen LogP contribution in [0.15, 0.2) is 22.7 Å². The van der Waals surface area contributed by atoms with Crippen LogP contribution in [0.2, 0.25) is 0 Å². The van der Waals surface area contributed by atoms with Crippen molar-refractivity contribution in [1.82, 2.24) is 5.32 Å². The Bertz CT molecular complexity index is 418. The molecule has 0 aliphatic heterocycles. The quantitative estimate of drug-likeness (QED) is 0.897. The summed E-state index contributed by atoms with van der Waals surface area (Å²) in [5, 5.41) is 12.3. The standard InChI is InChI=1S/C12H16BrNO3/c1-12(2,7-17-3)14-11(16)8-4-5-9(13)10(15)6-8/h4-6,15H,7H2,1-3H3,(H,14,16). The Kier molecular flexibility index (Phi) is 4.54. The topological polar surface area (TPSA) is 58.6 Å². The molecule has 1 rings (SSSR count). The van der Waals surface area contributed by atoms with Crippen molar-refractivity contribution in [2.45, 2.75) is 19.4 Å². The Hall–Kier alpha value is -1.07. The number of phenolic OH excluding ortho intramolecular Hbond substituents is 1. The predicted molar refractivity (Wildman–Crippen MR) is 69.2 cm³/mol. The molecular weight excluding hydrogens is 286 g/mol. The first kappa shape index (κ1) is 14.0. The molecule has 4 nitrogen and oxygen atoms in total. The molecule has 0 aliphatic rings. The second-order valence-electron chi connectivity index (χ2n) is 4.44. The molecule has 0 saturated carbocycles. The molecule has 0 heterocycles. The number of aromatic hydroxyl groups is 1. The molecule has 0 saturated heterocycles. The lowest BCUT2D eigenvalue weighted by molar-refractivity contribution is 0.0819. The summed E-state index contributed by atoms with van der Waals surface area (Å²) in [7, 11) is 1.58. The molecule has 1 aromatic rings. The molecule has 0 spiro atoms. The average molecular weight is 302 g/mol. The maximum absolute atomic E-state index is 11.9. The monoisotopic (exact) mass is 301 g/mol. The van der Waals surface area contributed by atoms with Gasteiger partial charge in [0, 0.05) is 12.7 Å². The van der Waals surface area contributed by atoms with Gasteiger partial charge in [0.1, 0.15) is 5.75 Å². The van der Waals surface area contributed by atoms with Gasteiger partial charge in [0.15, 0.2) is 0 Å². The van der Waals surface area contributed by atoms with Gasteiger partial charge in [-0.15, -0.1) is 0 Å². The van der Waals surface area contributed by atoms with E-state index in [1.807, 2.05) is 13.8 Å². The van der Waals surface area contributed by atoms with E-state index >= 15 is 0 Å². The highest BCUT2D eigenvalue weighted by Gasteiger charge is 2.21. The van der Waals surface area contributed by atoms with Crippen molar-refractivity contribution in [2.24, 2.45) is 0 Å². The zero-order valence-corrected chi connectivity index (χ0v) is 11.7. The van der Waals surface area contributed by atoms with Gasteiger partial charge in [0.25, 0.3) is 5.91 Å². The summed E-state index contributed by atoms with van der Waals surface area (Å²) in [6, 6.07) is 4.69. The van der Waals surface area contributed by atoms with Crippen LogP contribution in [-0.4, -0.2) is 30.3 Å². The first-order chi connectivity index (χ1) is 7.85. The minimum atomic E-state index is -0.450. The van der Waals surface area contributed by atoms with E-state index in [1.54, 1.807) is 19.2 Å². The Morgan fingerprint density at radius 2 is 2.18 bits per heavy atom. The smallest absolute Gasteiger partial charge is 0.251 e. The zero-order chi connectivity index (χ0) is 13.1. The highest BCUT2D eigenvalue weighted by Crippen LogP contribution is 2.24. The number of nitrogens with one attached hydrogen (secondary N) is 1. The average Bonchev–Trinajstić information content (AvgIpc) is 2.21. The van der Waals surface area contributed by atoms with Gasteiger partial charge >= 0.3 is 0 Å². The molecule has 0 aromatic heterocycles. The van der Waals surface area contributed by atoms with Crippen LogP contribution in [0, 0.1) is 0 Å². The number of carbonyl (C=O) groups excluding carboxylic acids is 1. The third-order valence-electron chi connectivity index (χ3n) is 2.17. The molecular formula is C12H16BrNO3. The van der Waals surface area contributed by atoms with E-state index in [0.717, 1.165) is 0 Å². The van der Waals surface area contributed by atoms with Crippen LogP contribution < -0.4 is 5.32 Å². The van der Waals surface area contributed by atoms with Crippen molar-refractivity contribution in [1.29, 1.82) is 0 Å². The molecule has 5 heteroatoms. The van der Waals surface area contributed by atoms with Crippen molar-refractivity contribution < 1.29 is 14.6 Å². The van der Waals surface area contributed by atoms with Crippen molar-refractivity contribution in [3.63, 3.8) is 0 Å². The maximum atomic E-state index is 11.9. The summed E-state index contributed by atoms with van der Waals surface area (Å²) >= 11 is 3.16. The summed E-state index contributed by atoms with van der Waals surface area (Å²) in [6.45, 7) is 4.15. The number of amides is 1. The Balaban J connectivity index is 2.80. The Morgan fingerprint density at radius 1 is 1.53 bits per heavy atom. The van der Waals surface area contributed by atoms with E-state index in [-0.39, 0.29) is 11.7 Å². The van der Waals surface area contributed by atoms with Crippen LogP contribution in [0.1, 0.15) is 24.2 Å². The van der Waals surface area contributed by atoms with Gasteiger partial charge in [-0.3, -0.25) is 4.79 Å². The van der Waals surface area contributed by atoms with Crippen LogP contribution in [0.25, 0.3) is 0 Å². The molecule has 2 N–H and O–H groups in total. The van der Waals surface area contributed by atoms with Crippen LogP contribution >= 0.6 is 15.9 Å². The normalized spacial score (nSPS) is 11.3. The maximum Gasteiger partial charge on any atom is 0.251 e. The van der Waals surface area contributed by atoms with Crippen molar-refractivity contribution in [3.8, 4) is 5.75 Å². The lowest BCUT2D eigenvalue weighted by Crippen LogP contribution is -2.46. The largest absolute Gasteiger partial charge is 0.507 e. The molecule has 0 unspecified atom stereocenters. The minimum Gasteiger partial charge on any atom is -0.507 e. The fraction of sp³-hybridized carbons (Fsp3) is 0.417. The van der Waals surface area contributed by atoms with Crippen molar-refractivity contribution in [2.75, 3.05) is 13.7 Å². The second kappa shape index (κ2) is 5.51. The number of rotatable bonds is 4. The molecule has 17 heavy (non-hydrogen) atoms. The molecule has 1 aromatic carbocycles. The summed E-state index contributed by atoms with van der Waals surface area (Å²) in [6.07, 6.45) is 0. The van der Waals surface area contributed by atoms with Crippen LogP contribution in [-0.2, 0) is 4.74 Å². The van der Waals surface area contributed by atoms with E-state index < -0.39 is 5.54 Å². The van der Waals surface area contributed by atoms with E-state index in [2.05, 4.69) is 21.2 Å². The lowest BCUT2D eigenvalue weighted by Gasteiger charge is -2.25. The van der Waals surface area contributed by atoms with Gasteiger partial charge in [-0.05, 0) is 48.0 Å². The highest BCUT2D eigenvalue weighted by molar-refractivity contribution is 9.10. The summed E-state index contributed by atoms with van der Waals surface area (Å²) < 4.78 is 5.57.